The Morgan fingerprint density at radius 3 is 0.875 bits per heavy atom. The van der Waals surface area contributed by atoms with E-state index < -0.39 is 15.8 Å². The van der Waals surface area contributed by atoms with E-state index in [-0.39, 0.29) is 5.92 Å². The van der Waals surface area contributed by atoms with Crippen molar-refractivity contribution in [3.05, 3.63) is 181 Å². The van der Waals surface area contributed by atoms with E-state index in [4.69, 9.17) is 0 Å². The molecule has 0 aliphatic heterocycles. The van der Waals surface area contributed by atoms with Crippen LogP contribution in [0.25, 0.3) is 0 Å². The maximum absolute atomic E-state index is 2.39. The van der Waals surface area contributed by atoms with Gasteiger partial charge in [-0.05, 0) is 58.8 Å². The first kappa shape index (κ1) is 26.4. The van der Waals surface area contributed by atoms with Crippen molar-refractivity contribution in [2.45, 2.75) is 12.8 Å². The average Bonchev–Trinajstić information content (AvgIpc) is 3.04. The molecule has 6 rings (SSSR count). The Hall–Kier alpha value is -3.82. The van der Waals surface area contributed by atoms with Gasteiger partial charge in [-0.15, -0.1) is 0 Å². The van der Waals surface area contributed by atoms with Crippen LogP contribution in [0, 0.1) is 0 Å². The lowest BCUT2D eigenvalue weighted by atomic mass is 9.93. The number of benzene rings is 6. The van der Waals surface area contributed by atoms with Crippen LogP contribution in [-0.4, -0.2) is 0 Å². The molecular formula is C38H32P2. The highest BCUT2D eigenvalue weighted by Crippen LogP contribution is 2.40. The summed E-state index contributed by atoms with van der Waals surface area (Å²) in [6.45, 7) is 2.39. The van der Waals surface area contributed by atoms with Gasteiger partial charge in [0, 0.05) is 5.92 Å². The SMILES string of the molecule is CC(c1ccccc1P(c1ccccc1)c1ccccc1)c1ccccc1P(c1ccccc1)c1ccccc1. The predicted octanol–water partition coefficient (Wildman–Crippen LogP) is 7.35. The first-order chi connectivity index (χ1) is 19.8. The van der Waals surface area contributed by atoms with Crippen LogP contribution in [0.15, 0.2) is 170 Å². The fourth-order valence-corrected chi connectivity index (χ4v) is 10.6. The second kappa shape index (κ2) is 12.6. The van der Waals surface area contributed by atoms with Gasteiger partial charge in [0.15, 0.2) is 0 Å². The molecule has 0 heterocycles. The lowest BCUT2D eigenvalue weighted by molar-refractivity contribution is 0.938. The highest BCUT2D eigenvalue weighted by molar-refractivity contribution is 7.80. The van der Waals surface area contributed by atoms with Gasteiger partial charge in [0.2, 0.25) is 0 Å². The molecule has 40 heavy (non-hydrogen) atoms. The predicted molar refractivity (Wildman–Crippen MR) is 178 cm³/mol. The number of hydrogen-bond acceptors (Lipinski definition) is 0. The Bertz CT molecular complexity index is 1440. The summed E-state index contributed by atoms with van der Waals surface area (Å²) in [5, 5.41) is 8.39. The Kier molecular flexibility index (Phi) is 8.30. The van der Waals surface area contributed by atoms with Crippen LogP contribution in [0.3, 0.4) is 0 Å². The van der Waals surface area contributed by atoms with Gasteiger partial charge in [0.1, 0.15) is 0 Å². The van der Waals surface area contributed by atoms with E-state index in [1.54, 1.807) is 0 Å². The minimum atomic E-state index is -0.697. The summed E-state index contributed by atoms with van der Waals surface area (Å²) < 4.78 is 0. The maximum atomic E-state index is 2.39. The summed E-state index contributed by atoms with van der Waals surface area (Å²) in [5.41, 5.74) is 2.81. The van der Waals surface area contributed by atoms with Crippen LogP contribution in [0.1, 0.15) is 24.0 Å². The average molecular weight is 551 g/mol. The summed E-state index contributed by atoms with van der Waals surface area (Å²) in [4.78, 5) is 0. The molecule has 0 amide bonds. The number of hydrogen-bond donors (Lipinski definition) is 0. The van der Waals surface area contributed by atoms with Crippen molar-refractivity contribution in [2.24, 2.45) is 0 Å². The van der Waals surface area contributed by atoms with Crippen molar-refractivity contribution in [2.75, 3.05) is 0 Å². The van der Waals surface area contributed by atoms with Crippen LogP contribution in [0.2, 0.25) is 0 Å². The molecule has 2 heteroatoms. The normalized spacial score (nSPS) is 11.3. The van der Waals surface area contributed by atoms with E-state index in [0.29, 0.717) is 0 Å². The first-order valence-corrected chi connectivity index (χ1v) is 16.5. The summed E-state index contributed by atoms with van der Waals surface area (Å²) in [5.74, 6) is 0.238. The highest BCUT2D eigenvalue weighted by Gasteiger charge is 2.26. The van der Waals surface area contributed by atoms with E-state index in [2.05, 4.69) is 177 Å². The van der Waals surface area contributed by atoms with Gasteiger partial charge in [-0.2, -0.15) is 0 Å². The quantitative estimate of drug-likeness (QED) is 0.174. The summed E-state index contributed by atoms with van der Waals surface area (Å²) >= 11 is 0. The van der Waals surface area contributed by atoms with E-state index >= 15 is 0 Å². The van der Waals surface area contributed by atoms with Crippen molar-refractivity contribution in [3.8, 4) is 0 Å². The van der Waals surface area contributed by atoms with E-state index in [0.717, 1.165) is 0 Å². The van der Waals surface area contributed by atoms with Gasteiger partial charge in [0.25, 0.3) is 0 Å². The molecule has 6 aromatic rings. The van der Waals surface area contributed by atoms with E-state index in [1.807, 2.05) is 0 Å². The van der Waals surface area contributed by atoms with Gasteiger partial charge in [-0.25, -0.2) is 0 Å². The van der Waals surface area contributed by atoms with Crippen molar-refractivity contribution in [1.82, 2.24) is 0 Å². The van der Waals surface area contributed by atoms with Crippen LogP contribution < -0.4 is 31.8 Å². The fraction of sp³-hybridized carbons (Fsp3) is 0.0526. The molecule has 0 atom stereocenters. The maximum Gasteiger partial charge on any atom is 0.00741 e. The second-order valence-corrected chi connectivity index (χ2v) is 14.2. The molecule has 0 bridgehead atoms. The third-order valence-electron chi connectivity index (χ3n) is 7.35. The molecule has 0 aliphatic carbocycles. The molecule has 6 aromatic carbocycles. The van der Waals surface area contributed by atoms with Gasteiger partial charge < -0.3 is 0 Å². The lowest BCUT2D eigenvalue weighted by Gasteiger charge is -2.28. The molecule has 0 radical (unpaired) electrons. The van der Waals surface area contributed by atoms with Gasteiger partial charge in [0.05, 0.1) is 0 Å². The van der Waals surface area contributed by atoms with Crippen molar-refractivity contribution in [3.63, 3.8) is 0 Å². The van der Waals surface area contributed by atoms with Crippen molar-refractivity contribution in [1.29, 1.82) is 0 Å². The zero-order valence-electron chi connectivity index (χ0n) is 22.6. The Morgan fingerprint density at radius 1 is 0.325 bits per heavy atom. The molecule has 0 N–H and O–H groups in total. The topological polar surface area (TPSA) is 0 Å². The second-order valence-electron chi connectivity index (χ2n) is 9.85. The molecule has 194 valence electrons. The minimum absolute atomic E-state index is 0.238. The Labute approximate surface area is 240 Å². The molecule has 0 unspecified atom stereocenters. The van der Waals surface area contributed by atoms with Gasteiger partial charge in [-0.1, -0.05) is 177 Å². The molecular weight excluding hydrogens is 518 g/mol. The molecule has 0 spiro atoms. The molecule has 0 nitrogen and oxygen atoms in total. The smallest absolute Gasteiger partial charge is 0.00741 e. The molecule has 0 saturated heterocycles. The highest BCUT2D eigenvalue weighted by atomic mass is 31.1. The zero-order chi connectivity index (χ0) is 27.1. The van der Waals surface area contributed by atoms with E-state index in [1.165, 1.54) is 43.0 Å². The number of rotatable bonds is 8. The van der Waals surface area contributed by atoms with Crippen LogP contribution in [0.4, 0.5) is 0 Å². The monoisotopic (exact) mass is 550 g/mol. The van der Waals surface area contributed by atoms with Crippen molar-refractivity contribution < 1.29 is 0 Å². The molecule has 0 aliphatic rings. The van der Waals surface area contributed by atoms with Gasteiger partial charge >= 0.3 is 0 Å². The zero-order valence-corrected chi connectivity index (χ0v) is 24.4. The Morgan fingerprint density at radius 2 is 0.575 bits per heavy atom. The third-order valence-corrected chi connectivity index (χ3v) is 12.4. The Balaban J connectivity index is 1.51. The summed E-state index contributed by atoms with van der Waals surface area (Å²) in [6.07, 6.45) is 0. The van der Waals surface area contributed by atoms with E-state index in [9.17, 15) is 0 Å². The largest absolute Gasteiger partial charge is 0.0622 e. The fourth-order valence-electron chi connectivity index (χ4n) is 5.44. The third kappa shape index (κ3) is 5.57. The van der Waals surface area contributed by atoms with Crippen molar-refractivity contribution >= 4 is 47.7 Å². The molecule has 0 fully saturated rings. The lowest BCUT2D eigenvalue weighted by Crippen LogP contribution is -2.27. The molecule has 0 saturated carbocycles. The first-order valence-electron chi connectivity index (χ1n) is 13.8. The molecule has 0 aromatic heterocycles. The van der Waals surface area contributed by atoms with Gasteiger partial charge in [-0.3, -0.25) is 0 Å². The van der Waals surface area contributed by atoms with Crippen LogP contribution in [-0.2, 0) is 0 Å². The standard InChI is InChI=1S/C38H32P2/c1-30(35-26-14-16-28-37(35)39(31-18-6-2-7-19-31)32-20-8-3-9-21-32)36-27-15-17-29-38(36)40(33-22-10-4-11-23-33)34-24-12-5-13-25-34/h2-30H,1H3. The minimum Gasteiger partial charge on any atom is -0.0622 e. The van der Waals surface area contributed by atoms with Crippen LogP contribution in [0.5, 0.6) is 0 Å². The summed E-state index contributed by atoms with van der Waals surface area (Å²) in [6, 6.07) is 62.4. The van der Waals surface area contributed by atoms with Crippen LogP contribution >= 0.6 is 15.8 Å². The summed E-state index contributed by atoms with van der Waals surface area (Å²) in [7, 11) is -1.39.